The molecular weight excluding hydrogens is 259 g/mol. The smallest absolute Gasteiger partial charge is 0.230 e. The van der Waals surface area contributed by atoms with E-state index in [0.29, 0.717) is 13.2 Å². The molecule has 1 aliphatic carbocycles. The Morgan fingerprint density at radius 2 is 2.30 bits per heavy atom. The number of rotatable bonds is 5. The van der Waals surface area contributed by atoms with Crippen molar-refractivity contribution in [2.24, 2.45) is 0 Å². The van der Waals surface area contributed by atoms with Crippen molar-refractivity contribution >= 4 is 16.8 Å². The summed E-state index contributed by atoms with van der Waals surface area (Å²) in [5.41, 5.74) is 1.25. The molecule has 1 fully saturated rings. The normalized spacial score (nSPS) is 16.3. The molecule has 0 saturated heterocycles. The Balaban J connectivity index is 1.90. The number of amides is 1. The van der Waals surface area contributed by atoms with Gasteiger partial charge in [-0.3, -0.25) is 4.79 Å². The van der Waals surface area contributed by atoms with Gasteiger partial charge < -0.3 is 15.0 Å². The molecule has 0 atom stereocenters. The van der Waals surface area contributed by atoms with Gasteiger partial charge in [-0.05, 0) is 36.6 Å². The van der Waals surface area contributed by atoms with Gasteiger partial charge in [0.05, 0.1) is 12.0 Å². The molecule has 1 aliphatic rings. The van der Waals surface area contributed by atoms with Gasteiger partial charge >= 0.3 is 0 Å². The van der Waals surface area contributed by atoms with Crippen LogP contribution in [0.2, 0.25) is 0 Å². The van der Waals surface area contributed by atoms with Gasteiger partial charge in [-0.1, -0.05) is 0 Å². The number of aromatic nitrogens is 1. The van der Waals surface area contributed by atoms with E-state index in [1.54, 1.807) is 13.2 Å². The van der Waals surface area contributed by atoms with Crippen molar-refractivity contribution in [3.8, 4) is 0 Å². The van der Waals surface area contributed by atoms with Crippen LogP contribution >= 0.6 is 0 Å². The summed E-state index contributed by atoms with van der Waals surface area (Å²) in [5.74, 6) is -0.284. The highest BCUT2D eigenvalue weighted by atomic mass is 19.1. The first-order valence-electron chi connectivity index (χ1n) is 6.72. The fourth-order valence-corrected chi connectivity index (χ4v) is 2.67. The molecule has 1 saturated carbocycles. The Morgan fingerprint density at radius 3 is 3.00 bits per heavy atom. The average molecular weight is 276 g/mol. The Morgan fingerprint density at radius 1 is 1.50 bits per heavy atom. The van der Waals surface area contributed by atoms with E-state index in [-0.39, 0.29) is 11.7 Å². The van der Waals surface area contributed by atoms with Crippen LogP contribution in [0.3, 0.4) is 0 Å². The first kappa shape index (κ1) is 13.1. The van der Waals surface area contributed by atoms with Gasteiger partial charge in [0.2, 0.25) is 5.91 Å². The van der Waals surface area contributed by atoms with Crippen LogP contribution in [0.4, 0.5) is 4.39 Å². The summed E-state index contributed by atoms with van der Waals surface area (Å²) in [6, 6.07) is 4.61. The summed E-state index contributed by atoms with van der Waals surface area (Å²) in [6.45, 7) is 0.984. The molecular formula is C15H17FN2O2. The zero-order valence-corrected chi connectivity index (χ0v) is 11.3. The van der Waals surface area contributed by atoms with Crippen molar-refractivity contribution in [3.63, 3.8) is 0 Å². The van der Waals surface area contributed by atoms with Crippen LogP contribution < -0.4 is 5.32 Å². The summed E-state index contributed by atoms with van der Waals surface area (Å²) in [5, 5.41) is 3.68. The highest BCUT2D eigenvalue weighted by Gasteiger charge is 2.52. The average Bonchev–Trinajstić information content (AvgIpc) is 3.14. The first-order chi connectivity index (χ1) is 9.67. The number of carbonyl (C=O) groups excluding carboxylic acids is 1. The predicted octanol–water partition coefficient (Wildman–Crippen LogP) is 2.10. The third-order valence-electron chi connectivity index (χ3n) is 3.94. The van der Waals surface area contributed by atoms with E-state index in [4.69, 9.17) is 4.74 Å². The number of halogens is 1. The number of nitrogens with one attached hydrogen (secondary N) is 2. The first-order valence-corrected chi connectivity index (χ1v) is 6.72. The molecule has 1 amide bonds. The van der Waals surface area contributed by atoms with Crippen molar-refractivity contribution in [2.75, 3.05) is 20.3 Å². The molecule has 1 heterocycles. The second kappa shape index (κ2) is 4.90. The number of methoxy groups -OCH3 is 1. The minimum Gasteiger partial charge on any atom is -0.383 e. The van der Waals surface area contributed by atoms with Crippen LogP contribution in [-0.2, 0) is 14.9 Å². The van der Waals surface area contributed by atoms with E-state index in [0.717, 1.165) is 29.3 Å². The number of H-pyrrole nitrogens is 1. The fraction of sp³-hybridized carbons (Fsp3) is 0.400. The van der Waals surface area contributed by atoms with Crippen LogP contribution in [-0.4, -0.2) is 31.2 Å². The van der Waals surface area contributed by atoms with Crippen molar-refractivity contribution in [2.45, 2.75) is 18.3 Å². The van der Waals surface area contributed by atoms with Gasteiger partial charge in [0.1, 0.15) is 5.82 Å². The number of fused-ring (bicyclic) bond motifs is 1. The Hall–Kier alpha value is -1.88. The van der Waals surface area contributed by atoms with Crippen LogP contribution in [0.5, 0.6) is 0 Å². The highest BCUT2D eigenvalue weighted by Crippen LogP contribution is 2.50. The lowest BCUT2D eigenvalue weighted by molar-refractivity contribution is -0.123. The minimum absolute atomic E-state index is 0.000267. The van der Waals surface area contributed by atoms with Gasteiger partial charge in [-0.15, -0.1) is 0 Å². The van der Waals surface area contributed by atoms with Gasteiger partial charge in [-0.2, -0.15) is 0 Å². The summed E-state index contributed by atoms with van der Waals surface area (Å²) < 4.78 is 18.4. The molecule has 0 aliphatic heterocycles. The molecule has 1 aromatic carbocycles. The fourth-order valence-electron chi connectivity index (χ4n) is 2.67. The van der Waals surface area contributed by atoms with Crippen molar-refractivity contribution < 1.29 is 13.9 Å². The quantitative estimate of drug-likeness (QED) is 0.822. The van der Waals surface area contributed by atoms with E-state index in [9.17, 15) is 9.18 Å². The van der Waals surface area contributed by atoms with E-state index in [2.05, 4.69) is 10.3 Å². The van der Waals surface area contributed by atoms with Crippen LogP contribution in [0, 0.1) is 5.82 Å². The SMILES string of the molecule is COCCNC(=O)C1(c2c[nH]c3ccc(F)cc23)CC1. The molecule has 5 heteroatoms. The summed E-state index contributed by atoms with van der Waals surface area (Å²) in [7, 11) is 1.60. The Kier molecular flexibility index (Phi) is 3.22. The van der Waals surface area contributed by atoms with E-state index >= 15 is 0 Å². The van der Waals surface area contributed by atoms with E-state index in [1.165, 1.54) is 12.1 Å². The third kappa shape index (κ3) is 2.08. The van der Waals surface area contributed by atoms with Gasteiger partial charge in [0, 0.05) is 30.8 Å². The van der Waals surface area contributed by atoms with Crippen LogP contribution in [0.1, 0.15) is 18.4 Å². The van der Waals surface area contributed by atoms with E-state index < -0.39 is 5.41 Å². The maximum Gasteiger partial charge on any atom is 0.230 e. The number of benzene rings is 1. The molecule has 1 aromatic heterocycles. The zero-order valence-electron chi connectivity index (χ0n) is 11.3. The summed E-state index contributed by atoms with van der Waals surface area (Å²) in [4.78, 5) is 15.5. The topological polar surface area (TPSA) is 54.1 Å². The van der Waals surface area contributed by atoms with Crippen molar-refractivity contribution in [1.29, 1.82) is 0 Å². The third-order valence-corrected chi connectivity index (χ3v) is 3.94. The van der Waals surface area contributed by atoms with E-state index in [1.807, 2.05) is 6.20 Å². The number of aromatic amines is 1. The number of hydrogen-bond donors (Lipinski definition) is 2. The highest BCUT2D eigenvalue weighted by molar-refractivity contribution is 5.97. The number of hydrogen-bond acceptors (Lipinski definition) is 2. The maximum absolute atomic E-state index is 13.4. The van der Waals surface area contributed by atoms with Crippen LogP contribution in [0.25, 0.3) is 10.9 Å². The van der Waals surface area contributed by atoms with Gasteiger partial charge in [-0.25, -0.2) is 4.39 Å². The molecule has 2 aromatic rings. The molecule has 0 unspecified atom stereocenters. The Labute approximate surface area is 116 Å². The largest absolute Gasteiger partial charge is 0.383 e. The molecule has 106 valence electrons. The second-order valence-electron chi connectivity index (χ2n) is 5.22. The van der Waals surface area contributed by atoms with Crippen molar-refractivity contribution in [1.82, 2.24) is 10.3 Å². The molecule has 0 bridgehead atoms. The monoisotopic (exact) mass is 276 g/mol. The molecule has 0 spiro atoms. The lowest BCUT2D eigenvalue weighted by Crippen LogP contribution is -2.36. The zero-order chi connectivity index (χ0) is 14.2. The summed E-state index contributed by atoms with van der Waals surface area (Å²) >= 11 is 0. The molecule has 0 radical (unpaired) electrons. The minimum atomic E-state index is -0.500. The maximum atomic E-state index is 13.4. The molecule has 4 nitrogen and oxygen atoms in total. The standard InChI is InChI=1S/C15H17FN2O2/c1-20-7-6-17-14(19)15(4-5-15)12-9-18-13-3-2-10(16)8-11(12)13/h2-3,8-9,18H,4-7H2,1H3,(H,17,19). The summed E-state index contributed by atoms with van der Waals surface area (Å²) in [6.07, 6.45) is 3.43. The van der Waals surface area contributed by atoms with Gasteiger partial charge in [0.15, 0.2) is 0 Å². The Bertz CT molecular complexity index is 646. The lowest BCUT2D eigenvalue weighted by atomic mass is 9.94. The molecule has 2 N–H and O–H groups in total. The second-order valence-corrected chi connectivity index (χ2v) is 5.22. The number of ether oxygens (including phenoxy) is 1. The van der Waals surface area contributed by atoms with Gasteiger partial charge in [0.25, 0.3) is 0 Å². The molecule has 3 rings (SSSR count). The number of carbonyl (C=O) groups is 1. The predicted molar refractivity (Wildman–Crippen MR) is 74.1 cm³/mol. The van der Waals surface area contributed by atoms with Crippen LogP contribution in [0.15, 0.2) is 24.4 Å². The molecule has 20 heavy (non-hydrogen) atoms. The lowest BCUT2D eigenvalue weighted by Gasteiger charge is -2.14. The van der Waals surface area contributed by atoms with Crippen molar-refractivity contribution in [3.05, 3.63) is 35.8 Å².